The summed E-state index contributed by atoms with van der Waals surface area (Å²) in [6.45, 7) is 13.8. The van der Waals surface area contributed by atoms with Gasteiger partial charge in [-0.3, -0.25) is 0 Å². The summed E-state index contributed by atoms with van der Waals surface area (Å²) in [6.07, 6.45) is 8.06. The van der Waals surface area contributed by atoms with Gasteiger partial charge in [0.25, 0.3) is 0 Å². The lowest BCUT2D eigenvalue weighted by Crippen LogP contribution is -2.05. The number of rotatable bonds is 9. The second-order valence-corrected chi connectivity index (χ2v) is 9.08. The van der Waals surface area contributed by atoms with Gasteiger partial charge >= 0.3 is 0 Å². The highest BCUT2D eigenvalue weighted by molar-refractivity contribution is 7.99. The molecule has 0 radical (unpaired) electrons. The van der Waals surface area contributed by atoms with Crippen molar-refractivity contribution in [2.45, 2.75) is 56.7 Å². The summed E-state index contributed by atoms with van der Waals surface area (Å²) in [5.41, 5.74) is 4.96. The van der Waals surface area contributed by atoms with E-state index < -0.39 is 0 Å². The molecule has 1 aromatic heterocycles. The molecule has 1 aromatic carbocycles. The molecule has 0 fully saturated rings. The summed E-state index contributed by atoms with van der Waals surface area (Å²) < 4.78 is 7.91. The Bertz CT molecular complexity index is 905. The largest absolute Gasteiger partial charge is 0.380 e. The molecule has 2 nitrogen and oxygen atoms in total. The molecule has 2 rings (SSSR count). The van der Waals surface area contributed by atoms with Crippen molar-refractivity contribution in [3.63, 3.8) is 0 Å². The number of benzene rings is 1. The van der Waals surface area contributed by atoms with E-state index in [-0.39, 0.29) is 0 Å². The van der Waals surface area contributed by atoms with E-state index in [1.54, 1.807) is 24.9 Å². The molecule has 0 aliphatic carbocycles. The van der Waals surface area contributed by atoms with Crippen LogP contribution in [0.15, 0.2) is 64.6 Å². The summed E-state index contributed by atoms with van der Waals surface area (Å²) in [5.74, 6) is 0.353. The highest BCUT2D eigenvalue weighted by Gasteiger charge is 2.23. The van der Waals surface area contributed by atoms with Crippen molar-refractivity contribution in [1.29, 1.82) is 0 Å². The van der Waals surface area contributed by atoms with Crippen molar-refractivity contribution in [3.05, 3.63) is 81.5 Å². The molecule has 0 aliphatic rings. The molecular weight excluding hydrogens is 421 g/mol. The molecule has 0 amide bonds. The SMILES string of the molecule is C=C/C=C(\C=C/C)Cn1c(C)c(COC)c(C(C)C)c1Sc1cc(Cl)cc(Cl)c1. The van der Waals surface area contributed by atoms with Crippen LogP contribution in [0.3, 0.4) is 0 Å². The predicted molar refractivity (Wildman–Crippen MR) is 128 cm³/mol. The third-order valence-corrected chi connectivity index (χ3v) is 6.15. The summed E-state index contributed by atoms with van der Waals surface area (Å²) in [6, 6.07) is 5.67. The van der Waals surface area contributed by atoms with Gasteiger partial charge in [0, 0.05) is 39.9 Å². The number of methoxy groups -OCH3 is 1. The lowest BCUT2D eigenvalue weighted by molar-refractivity contribution is 0.183. The molecule has 0 saturated heterocycles. The normalized spacial score (nSPS) is 12.3. The van der Waals surface area contributed by atoms with Crippen LogP contribution in [-0.2, 0) is 17.9 Å². The van der Waals surface area contributed by atoms with Crippen molar-refractivity contribution in [2.24, 2.45) is 0 Å². The Labute approximate surface area is 189 Å². The first kappa shape index (κ1) is 23.9. The van der Waals surface area contributed by atoms with Crippen molar-refractivity contribution in [3.8, 4) is 0 Å². The average Bonchev–Trinajstić information content (AvgIpc) is 2.87. The van der Waals surface area contributed by atoms with Gasteiger partial charge in [-0.1, -0.05) is 79.7 Å². The van der Waals surface area contributed by atoms with Gasteiger partial charge in [0.1, 0.15) is 0 Å². The second kappa shape index (κ2) is 11.1. The van der Waals surface area contributed by atoms with Gasteiger partial charge in [-0.25, -0.2) is 0 Å². The molecule has 0 atom stereocenters. The molecule has 156 valence electrons. The molecule has 2 aromatic rings. The molecule has 0 spiro atoms. The fourth-order valence-corrected chi connectivity index (χ4v) is 5.45. The minimum absolute atomic E-state index is 0.353. The fourth-order valence-electron chi connectivity index (χ4n) is 3.42. The van der Waals surface area contributed by atoms with E-state index in [9.17, 15) is 0 Å². The van der Waals surface area contributed by atoms with E-state index in [0.29, 0.717) is 22.6 Å². The summed E-state index contributed by atoms with van der Waals surface area (Å²) >= 11 is 14.2. The summed E-state index contributed by atoms with van der Waals surface area (Å²) in [5, 5.41) is 2.47. The van der Waals surface area contributed by atoms with Crippen LogP contribution >= 0.6 is 35.0 Å². The Morgan fingerprint density at radius 2 is 1.90 bits per heavy atom. The van der Waals surface area contributed by atoms with Crippen LogP contribution in [0.25, 0.3) is 0 Å². The standard InChI is InChI=1S/C24H29Cl2NOS/c1-7-9-18(10-8-2)14-27-17(5)22(15-28-6)23(16(3)4)24(27)29-21-12-19(25)11-20(26)13-21/h7-13,16H,1,14-15H2,2-6H3/b10-8-,18-9+. The van der Waals surface area contributed by atoms with Crippen LogP contribution in [0.1, 0.15) is 43.5 Å². The van der Waals surface area contributed by atoms with Gasteiger partial charge in [-0.05, 0) is 49.1 Å². The number of aromatic nitrogens is 1. The van der Waals surface area contributed by atoms with E-state index in [1.807, 2.05) is 25.1 Å². The van der Waals surface area contributed by atoms with E-state index in [2.05, 4.69) is 50.1 Å². The maximum Gasteiger partial charge on any atom is 0.0840 e. The molecule has 1 heterocycles. The zero-order valence-corrected chi connectivity index (χ0v) is 20.1. The first-order valence-corrected chi connectivity index (χ1v) is 11.2. The summed E-state index contributed by atoms with van der Waals surface area (Å²) in [7, 11) is 1.74. The van der Waals surface area contributed by atoms with Gasteiger partial charge in [-0.15, -0.1) is 0 Å². The Morgan fingerprint density at radius 1 is 1.24 bits per heavy atom. The second-order valence-electron chi connectivity index (χ2n) is 7.14. The Morgan fingerprint density at radius 3 is 2.41 bits per heavy atom. The number of nitrogens with zero attached hydrogens (tertiary/aromatic N) is 1. The predicted octanol–water partition coefficient (Wildman–Crippen LogP) is 8.21. The van der Waals surface area contributed by atoms with E-state index >= 15 is 0 Å². The molecule has 0 saturated carbocycles. The number of hydrogen-bond acceptors (Lipinski definition) is 2. The molecule has 0 aliphatic heterocycles. The number of halogens is 2. The van der Waals surface area contributed by atoms with E-state index in [4.69, 9.17) is 27.9 Å². The van der Waals surface area contributed by atoms with Crippen LogP contribution in [-0.4, -0.2) is 11.7 Å². The lowest BCUT2D eigenvalue weighted by atomic mass is 10.0. The topological polar surface area (TPSA) is 14.2 Å². The fraction of sp³-hybridized carbons (Fsp3) is 0.333. The molecular formula is C24H29Cl2NOS. The maximum atomic E-state index is 6.26. The van der Waals surface area contributed by atoms with Gasteiger partial charge in [0.15, 0.2) is 0 Å². The Balaban J connectivity index is 2.67. The maximum absolute atomic E-state index is 6.26. The van der Waals surface area contributed by atoms with Crippen LogP contribution in [0.2, 0.25) is 10.0 Å². The molecule has 0 N–H and O–H groups in total. The van der Waals surface area contributed by atoms with Crippen molar-refractivity contribution in [1.82, 2.24) is 4.57 Å². The number of ether oxygens (including phenoxy) is 1. The van der Waals surface area contributed by atoms with Crippen LogP contribution in [0, 0.1) is 6.92 Å². The minimum atomic E-state index is 0.353. The smallest absolute Gasteiger partial charge is 0.0840 e. The third kappa shape index (κ3) is 6.05. The summed E-state index contributed by atoms with van der Waals surface area (Å²) in [4.78, 5) is 1.02. The van der Waals surface area contributed by atoms with Crippen molar-refractivity contribution in [2.75, 3.05) is 7.11 Å². The van der Waals surface area contributed by atoms with E-state index in [1.165, 1.54) is 27.4 Å². The zero-order valence-electron chi connectivity index (χ0n) is 17.8. The minimum Gasteiger partial charge on any atom is -0.380 e. The Hall–Kier alpha value is -1.39. The van der Waals surface area contributed by atoms with Crippen molar-refractivity contribution < 1.29 is 4.74 Å². The monoisotopic (exact) mass is 449 g/mol. The highest BCUT2D eigenvalue weighted by Crippen LogP contribution is 2.41. The van der Waals surface area contributed by atoms with E-state index in [0.717, 1.165) is 11.4 Å². The van der Waals surface area contributed by atoms with Crippen LogP contribution in [0.5, 0.6) is 0 Å². The van der Waals surface area contributed by atoms with Gasteiger partial charge in [-0.2, -0.15) is 0 Å². The Kier molecular flexibility index (Phi) is 9.16. The first-order chi connectivity index (χ1) is 13.8. The number of allylic oxidation sites excluding steroid dienone is 5. The third-order valence-electron chi connectivity index (χ3n) is 4.61. The molecule has 29 heavy (non-hydrogen) atoms. The van der Waals surface area contributed by atoms with Crippen LogP contribution < -0.4 is 0 Å². The quantitative estimate of drug-likeness (QED) is 0.357. The molecule has 0 bridgehead atoms. The van der Waals surface area contributed by atoms with Crippen LogP contribution in [0.4, 0.5) is 0 Å². The average molecular weight is 450 g/mol. The highest BCUT2D eigenvalue weighted by atomic mass is 35.5. The number of hydrogen-bond donors (Lipinski definition) is 0. The van der Waals surface area contributed by atoms with Crippen molar-refractivity contribution >= 4 is 35.0 Å². The molecule has 0 unspecified atom stereocenters. The zero-order chi connectivity index (χ0) is 21.6. The lowest BCUT2D eigenvalue weighted by Gasteiger charge is -2.15. The van der Waals surface area contributed by atoms with Gasteiger partial charge < -0.3 is 9.30 Å². The molecule has 5 heteroatoms. The van der Waals surface area contributed by atoms with Gasteiger partial charge in [0.2, 0.25) is 0 Å². The first-order valence-electron chi connectivity index (χ1n) is 9.61. The van der Waals surface area contributed by atoms with Gasteiger partial charge in [0.05, 0.1) is 11.6 Å².